The Morgan fingerprint density at radius 3 is 2.97 bits per heavy atom. The summed E-state index contributed by atoms with van der Waals surface area (Å²) in [4.78, 5) is 22.3. The Balaban J connectivity index is 1.27. The summed E-state index contributed by atoms with van der Waals surface area (Å²) in [5.41, 5.74) is 2.45. The summed E-state index contributed by atoms with van der Waals surface area (Å²) in [6.45, 7) is 0.668. The molecule has 0 radical (unpaired) electrons. The van der Waals surface area contributed by atoms with Crippen molar-refractivity contribution in [1.29, 1.82) is 0 Å². The molecule has 1 aliphatic carbocycles. The zero-order chi connectivity index (χ0) is 25.3. The van der Waals surface area contributed by atoms with Crippen molar-refractivity contribution in [1.82, 2.24) is 14.5 Å². The summed E-state index contributed by atoms with van der Waals surface area (Å²) in [6, 6.07) is 9.76. The quantitative estimate of drug-likeness (QED) is 0.301. The number of nitrogens with zero attached hydrogens (tertiary/aromatic N) is 3. The van der Waals surface area contributed by atoms with E-state index in [4.69, 9.17) is 20.9 Å². The number of carbonyl (C=O) groups excluding carboxylic acids is 1. The van der Waals surface area contributed by atoms with Crippen molar-refractivity contribution in [2.75, 3.05) is 11.9 Å². The Labute approximate surface area is 217 Å². The monoisotopic (exact) mass is 545 g/mol. The van der Waals surface area contributed by atoms with Gasteiger partial charge in [0, 0.05) is 35.5 Å². The minimum atomic E-state index is -3.96. The molecule has 12 heteroatoms. The first-order valence-electron chi connectivity index (χ1n) is 11.4. The van der Waals surface area contributed by atoms with Crippen molar-refractivity contribution in [2.45, 2.75) is 31.8 Å². The standard InChI is InChI=1S/C24H24ClN5O4S2/c25-18-3-2-17-5-6-30(21(17)9-18)11-16-8-22(35-13-16)23(31)20-10-27-14-28-24(20)29-19-4-1-15(7-19)12-34-36(26,32)33/h2-3,5-6,8-10,13-15,19H,1,4,7,11-12H2,(H2,26,32,33)(H,27,28,29)/t15-,19+/m1/s1. The number of hydrogen-bond donors (Lipinski definition) is 2. The highest BCUT2D eigenvalue weighted by Gasteiger charge is 2.28. The fraction of sp³-hybridized carbons (Fsp3) is 0.292. The van der Waals surface area contributed by atoms with Gasteiger partial charge in [-0.1, -0.05) is 17.7 Å². The van der Waals surface area contributed by atoms with Crippen LogP contribution in [-0.4, -0.2) is 41.4 Å². The molecular weight excluding hydrogens is 522 g/mol. The first-order chi connectivity index (χ1) is 17.2. The van der Waals surface area contributed by atoms with E-state index in [1.54, 1.807) is 0 Å². The van der Waals surface area contributed by atoms with Gasteiger partial charge in [-0.05, 0) is 65.8 Å². The van der Waals surface area contributed by atoms with Gasteiger partial charge in [0.05, 0.1) is 17.0 Å². The number of nitrogens with one attached hydrogen (secondary N) is 1. The van der Waals surface area contributed by atoms with Gasteiger partial charge in [-0.25, -0.2) is 15.1 Å². The summed E-state index contributed by atoms with van der Waals surface area (Å²) in [5, 5.41) is 12.0. The Kier molecular flexibility index (Phi) is 7.09. The molecule has 3 heterocycles. The molecule has 36 heavy (non-hydrogen) atoms. The molecule has 5 rings (SSSR count). The van der Waals surface area contributed by atoms with Crippen molar-refractivity contribution < 1.29 is 17.4 Å². The molecule has 3 N–H and O–H groups in total. The maximum Gasteiger partial charge on any atom is 0.333 e. The van der Waals surface area contributed by atoms with Crippen molar-refractivity contribution in [3.8, 4) is 0 Å². The molecule has 0 aliphatic heterocycles. The molecule has 0 amide bonds. The third-order valence-electron chi connectivity index (χ3n) is 6.27. The van der Waals surface area contributed by atoms with Crippen LogP contribution >= 0.6 is 22.9 Å². The van der Waals surface area contributed by atoms with E-state index in [1.165, 1.54) is 23.9 Å². The number of aromatic nitrogens is 3. The lowest BCUT2D eigenvalue weighted by Crippen LogP contribution is -2.22. The van der Waals surface area contributed by atoms with E-state index < -0.39 is 10.3 Å². The van der Waals surface area contributed by atoms with Gasteiger partial charge in [0.25, 0.3) is 0 Å². The molecule has 3 aromatic heterocycles. The summed E-state index contributed by atoms with van der Waals surface area (Å²) in [7, 11) is -3.96. The number of carbonyl (C=O) groups is 1. The number of rotatable bonds is 9. The Morgan fingerprint density at radius 2 is 2.14 bits per heavy atom. The second-order valence-electron chi connectivity index (χ2n) is 8.88. The maximum absolute atomic E-state index is 13.4. The number of hydrogen-bond acceptors (Lipinski definition) is 8. The van der Waals surface area contributed by atoms with Crippen LogP contribution in [0, 0.1) is 5.92 Å². The highest BCUT2D eigenvalue weighted by Crippen LogP contribution is 2.30. The number of anilines is 1. The van der Waals surface area contributed by atoms with Gasteiger partial charge >= 0.3 is 10.3 Å². The van der Waals surface area contributed by atoms with E-state index in [9.17, 15) is 13.2 Å². The van der Waals surface area contributed by atoms with Crippen LogP contribution in [0.1, 0.15) is 40.1 Å². The number of ketones is 1. The van der Waals surface area contributed by atoms with Crippen molar-refractivity contribution in [3.63, 3.8) is 0 Å². The predicted octanol–water partition coefficient (Wildman–Crippen LogP) is 4.23. The van der Waals surface area contributed by atoms with Gasteiger partial charge < -0.3 is 9.88 Å². The molecule has 0 unspecified atom stereocenters. The third-order valence-corrected chi connectivity index (χ3v) is 7.95. The number of nitrogens with two attached hydrogens (primary N) is 1. The predicted molar refractivity (Wildman–Crippen MR) is 140 cm³/mol. The summed E-state index contributed by atoms with van der Waals surface area (Å²) < 4.78 is 29.0. The van der Waals surface area contributed by atoms with Crippen LogP contribution in [0.2, 0.25) is 5.02 Å². The molecular formula is C24H24ClN5O4S2. The number of fused-ring (bicyclic) bond motifs is 1. The van der Waals surface area contributed by atoms with Crippen LogP contribution in [0.3, 0.4) is 0 Å². The molecule has 0 spiro atoms. The highest BCUT2D eigenvalue weighted by atomic mass is 35.5. The normalized spacial score (nSPS) is 18.1. The number of thiophene rings is 1. The van der Waals surface area contributed by atoms with E-state index >= 15 is 0 Å². The number of benzene rings is 1. The van der Waals surface area contributed by atoms with Crippen LogP contribution in [0.4, 0.5) is 5.82 Å². The molecule has 1 aliphatic rings. The highest BCUT2D eigenvalue weighted by molar-refractivity contribution is 7.84. The molecule has 9 nitrogen and oxygen atoms in total. The van der Waals surface area contributed by atoms with Crippen LogP contribution in [0.15, 0.2) is 54.4 Å². The molecule has 1 aromatic carbocycles. The largest absolute Gasteiger partial charge is 0.367 e. The summed E-state index contributed by atoms with van der Waals surface area (Å²) >= 11 is 7.56. The zero-order valence-corrected chi connectivity index (χ0v) is 21.5. The van der Waals surface area contributed by atoms with Crippen molar-refractivity contribution in [3.05, 3.63) is 75.5 Å². The summed E-state index contributed by atoms with van der Waals surface area (Å²) in [6.07, 6.45) is 7.21. The van der Waals surface area contributed by atoms with Gasteiger partial charge in [0.2, 0.25) is 5.78 Å². The topological polar surface area (TPSA) is 129 Å². The lowest BCUT2D eigenvalue weighted by Gasteiger charge is -2.15. The van der Waals surface area contributed by atoms with Gasteiger partial charge in [-0.3, -0.25) is 8.98 Å². The van der Waals surface area contributed by atoms with Crippen molar-refractivity contribution >= 4 is 55.7 Å². The first kappa shape index (κ1) is 24.8. The summed E-state index contributed by atoms with van der Waals surface area (Å²) in [5.74, 6) is 0.372. The second kappa shape index (κ2) is 10.3. The molecule has 2 atom stereocenters. The Hall–Kier alpha value is -2.83. The Bertz CT molecular complexity index is 1520. The molecule has 0 bridgehead atoms. The molecule has 1 fully saturated rings. The molecule has 1 saturated carbocycles. The van der Waals surface area contributed by atoms with E-state index in [0.717, 1.165) is 29.3 Å². The van der Waals surface area contributed by atoms with E-state index in [0.29, 0.717) is 34.2 Å². The zero-order valence-electron chi connectivity index (χ0n) is 19.1. The second-order valence-corrected chi connectivity index (χ2v) is 11.4. The molecule has 4 aromatic rings. The lowest BCUT2D eigenvalue weighted by molar-refractivity contribution is 0.104. The molecule has 0 saturated heterocycles. The van der Waals surface area contributed by atoms with Gasteiger partial charge in [0.1, 0.15) is 12.1 Å². The van der Waals surface area contributed by atoms with Crippen LogP contribution in [-0.2, 0) is 21.0 Å². The smallest absolute Gasteiger partial charge is 0.333 e. The molecule has 188 valence electrons. The SMILES string of the molecule is NS(=O)(=O)OC[C@@H]1CC[C@H](Nc2ncncc2C(=O)c2cc(Cn3ccc4ccc(Cl)cc43)cs2)C1. The van der Waals surface area contributed by atoms with Crippen LogP contribution < -0.4 is 10.5 Å². The van der Waals surface area contributed by atoms with Gasteiger partial charge in [-0.15, -0.1) is 11.3 Å². The fourth-order valence-corrected chi connectivity index (χ4v) is 5.96. The Morgan fingerprint density at radius 1 is 1.28 bits per heavy atom. The van der Waals surface area contributed by atoms with Gasteiger partial charge in [0.15, 0.2) is 0 Å². The average Bonchev–Trinajstić information content (AvgIpc) is 3.58. The van der Waals surface area contributed by atoms with Crippen LogP contribution in [0.25, 0.3) is 10.9 Å². The first-order valence-corrected chi connectivity index (χ1v) is 14.1. The van der Waals surface area contributed by atoms with E-state index in [1.807, 2.05) is 41.9 Å². The fourth-order valence-electron chi connectivity index (χ4n) is 4.55. The van der Waals surface area contributed by atoms with E-state index in [-0.39, 0.29) is 24.3 Å². The number of halogens is 1. The van der Waals surface area contributed by atoms with Gasteiger partial charge in [-0.2, -0.15) is 8.42 Å². The van der Waals surface area contributed by atoms with E-state index in [2.05, 4.69) is 19.9 Å². The minimum absolute atomic E-state index is 0.0354. The lowest BCUT2D eigenvalue weighted by atomic mass is 10.1. The van der Waals surface area contributed by atoms with Crippen LogP contribution in [0.5, 0.6) is 0 Å². The van der Waals surface area contributed by atoms with Crippen molar-refractivity contribution in [2.24, 2.45) is 11.1 Å². The average molecular weight is 546 g/mol. The maximum atomic E-state index is 13.4. The third kappa shape index (κ3) is 5.76. The minimum Gasteiger partial charge on any atom is -0.367 e.